The van der Waals surface area contributed by atoms with Crippen molar-refractivity contribution in [1.29, 1.82) is 0 Å². The maximum atomic E-state index is 13.2. The van der Waals surface area contributed by atoms with Crippen molar-refractivity contribution < 1.29 is 9.21 Å². The van der Waals surface area contributed by atoms with E-state index in [9.17, 15) is 4.79 Å². The minimum absolute atomic E-state index is 0.0336. The number of hydrogen-bond donors (Lipinski definition) is 0. The van der Waals surface area contributed by atoms with Crippen molar-refractivity contribution in [3.8, 4) is 0 Å². The molecule has 1 saturated carbocycles. The van der Waals surface area contributed by atoms with Gasteiger partial charge in [-0.1, -0.05) is 43.5 Å². The van der Waals surface area contributed by atoms with Gasteiger partial charge in [-0.15, -0.1) is 0 Å². The van der Waals surface area contributed by atoms with Crippen molar-refractivity contribution in [3.05, 3.63) is 66.2 Å². The minimum Gasteiger partial charge on any atom is -0.451 e. The third-order valence-corrected chi connectivity index (χ3v) is 4.97. The molecule has 0 radical (unpaired) electrons. The van der Waals surface area contributed by atoms with Gasteiger partial charge in [0.2, 0.25) is 0 Å². The molecule has 0 bridgehead atoms. The molecule has 2 heterocycles. The predicted molar refractivity (Wildman–Crippen MR) is 97.2 cm³/mol. The molecular weight excluding hydrogens is 312 g/mol. The van der Waals surface area contributed by atoms with Crippen molar-refractivity contribution >= 4 is 16.9 Å². The number of para-hydroxylation sites is 1. The zero-order chi connectivity index (χ0) is 17.1. The number of hydrogen-bond acceptors (Lipinski definition) is 3. The molecule has 1 aliphatic carbocycles. The van der Waals surface area contributed by atoms with Crippen LogP contribution in [0.5, 0.6) is 0 Å². The van der Waals surface area contributed by atoms with E-state index in [2.05, 4.69) is 4.98 Å². The Hall–Kier alpha value is -2.62. The summed E-state index contributed by atoms with van der Waals surface area (Å²) in [6.07, 6.45) is 7.50. The van der Waals surface area contributed by atoms with Crippen LogP contribution in [0, 0.1) is 0 Å². The van der Waals surface area contributed by atoms with Crippen LogP contribution in [-0.4, -0.2) is 21.8 Å². The Kier molecular flexibility index (Phi) is 4.51. The Morgan fingerprint density at radius 2 is 1.88 bits per heavy atom. The highest BCUT2D eigenvalue weighted by Crippen LogP contribution is 2.27. The maximum Gasteiger partial charge on any atom is 0.290 e. The van der Waals surface area contributed by atoms with Crippen LogP contribution < -0.4 is 0 Å². The van der Waals surface area contributed by atoms with E-state index in [1.54, 1.807) is 6.20 Å². The molecule has 1 amide bonds. The first-order valence-corrected chi connectivity index (χ1v) is 9.01. The van der Waals surface area contributed by atoms with E-state index in [0.29, 0.717) is 12.3 Å². The van der Waals surface area contributed by atoms with Crippen LogP contribution in [0.4, 0.5) is 0 Å². The van der Waals surface area contributed by atoms with Crippen LogP contribution in [0.3, 0.4) is 0 Å². The fourth-order valence-electron chi connectivity index (χ4n) is 3.65. The van der Waals surface area contributed by atoms with E-state index in [-0.39, 0.29) is 11.9 Å². The molecule has 3 aromatic rings. The Labute approximate surface area is 147 Å². The molecule has 0 spiro atoms. The molecule has 1 aromatic carbocycles. The highest BCUT2D eigenvalue weighted by atomic mass is 16.3. The Morgan fingerprint density at radius 3 is 2.64 bits per heavy atom. The molecule has 4 heteroatoms. The molecule has 0 aliphatic heterocycles. The molecule has 4 nitrogen and oxygen atoms in total. The zero-order valence-electron chi connectivity index (χ0n) is 14.2. The fraction of sp³-hybridized carbons (Fsp3) is 0.333. The molecule has 128 valence electrons. The molecule has 4 rings (SSSR count). The number of amides is 1. The SMILES string of the molecule is O=C(c1cc2ccccc2o1)N(Cc1ccccn1)C1CCCCC1. The molecular formula is C21H22N2O2. The molecule has 0 saturated heterocycles. The highest BCUT2D eigenvalue weighted by Gasteiger charge is 2.28. The van der Waals surface area contributed by atoms with Crippen LogP contribution in [0.25, 0.3) is 11.0 Å². The third-order valence-electron chi connectivity index (χ3n) is 4.97. The lowest BCUT2D eigenvalue weighted by atomic mass is 9.94. The molecule has 0 unspecified atom stereocenters. The van der Waals surface area contributed by atoms with Gasteiger partial charge in [0.1, 0.15) is 5.58 Å². The van der Waals surface area contributed by atoms with Gasteiger partial charge in [-0.2, -0.15) is 0 Å². The van der Waals surface area contributed by atoms with Crippen LogP contribution in [0.2, 0.25) is 0 Å². The molecule has 0 atom stereocenters. The van der Waals surface area contributed by atoms with Crippen LogP contribution in [-0.2, 0) is 6.54 Å². The second-order valence-corrected chi connectivity index (χ2v) is 6.69. The number of aromatic nitrogens is 1. The first-order valence-electron chi connectivity index (χ1n) is 9.01. The quantitative estimate of drug-likeness (QED) is 0.688. The summed E-state index contributed by atoms with van der Waals surface area (Å²) in [6.45, 7) is 0.529. The van der Waals surface area contributed by atoms with Gasteiger partial charge in [0.25, 0.3) is 5.91 Å². The monoisotopic (exact) mass is 334 g/mol. The van der Waals surface area contributed by atoms with Gasteiger partial charge in [-0.05, 0) is 37.1 Å². The Morgan fingerprint density at radius 1 is 1.08 bits per heavy atom. The summed E-state index contributed by atoms with van der Waals surface area (Å²) in [4.78, 5) is 19.6. The number of furan rings is 1. The lowest BCUT2D eigenvalue weighted by Crippen LogP contribution is -2.41. The van der Waals surface area contributed by atoms with Crippen molar-refractivity contribution in [1.82, 2.24) is 9.88 Å². The topological polar surface area (TPSA) is 46.3 Å². The van der Waals surface area contributed by atoms with Crippen LogP contribution >= 0.6 is 0 Å². The fourth-order valence-corrected chi connectivity index (χ4v) is 3.65. The average molecular weight is 334 g/mol. The second kappa shape index (κ2) is 7.09. The van der Waals surface area contributed by atoms with Gasteiger partial charge in [0.05, 0.1) is 12.2 Å². The Balaban J connectivity index is 1.64. The first-order chi connectivity index (χ1) is 12.3. The zero-order valence-corrected chi connectivity index (χ0v) is 14.2. The van der Waals surface area contributed by atoms with Crippen molar-refractivity contribution in [2.75, 3.05) is 0 Å². The molecule has 2 aromatic heterocycles. The number of carbonyl (C=O) groups is 1. The summed E-state index contributed by atoms with van der Waals surface area (Å²) in [5.74, 6) is 0.386. The van der Waals surface area contributed by atoms with Gasteiger partial charge < -0.3 is 9.32 Å². The minimum atomic E-state index is -0.0336. The molecule has 1 fully saturated rings. The first kappa shape index (κ1) is 15.9. The van der Waals surface area contributed by atoms with Gasteiger partial charge in [-0.3, -0.25) is 9.78 Å². The molecule has 25 heavy (non-hydrogen) atoms. The number of carbonyl (C=O) groups excluding carboxylic acids is 1. The number of rotatable bonds is 4. The van der Waals surface area contributed by atoms with E-state index in [1.807, 2.05) is 53.4 Å². The summed E-state index contributed by atoms with van der Waals surface area (Å²) < 4.78 is 5.83. The summed E-state index contributed by atoms with van der Waals surface area (Å²) in [6, 6.07) is 15.7. The van der Waals surface area contributed by atoms with Gasteiger partial charge >= 0.3 is 0 Å². The average Bonchev–Trinajstić information content (AvgIpc) is 3.11. The van der Waals surface area contributed by atoms with Crippen molar-refractivity contribution in [2.45, 2.75) is 44.7 Å². The smallest absolute Gasteiger partial charge is 0.290 e. The summed E-state index contributed by atoms with van der Waals surface area (Å²) in [7, 11) is 0. The van der Waals surface area contributed by atoms with Crippen molar-refractivity contribution in [2.24, 2.45) is 0 Å². The number of fused-ring (bicyclic) bond motifs is 1. The Bertz CT molecular complexity index is 817. The van der Waals surface area contributed by atoms with E-state index >= 15 is 0 Å². The number of benzene rings is 1. The lowest BCUT2D eigenvalue weighted by Gasteiger charge is -2.33. The largest absolute Gasteiger partial charge is 0.451 e. The van der Waals surface area contributed by atoms with E-state index in [1.165, 1.54) is 19.3 Å². The highest BCUT2D eigenvalue weighted by molar-refractivity contribution is 5.96. The summed E-state index contributed by atoms with van der Waals surface area (Å²) in [5.41, 5.74) is 1.67. The van der Waals surface area contributed by atoms with Crippen LogP contribution in [0.15, 0.2) is 59.1 Å². The normalized spacial score (nSPS) is 15.4. The lowest BCUT2D eigenvalue weighted by molar-refractivity contribution is 0.0581. The van der Waals surface area contributed by atoms with Crippen molar-refractivity contribution in [3.63, 3.8) is 0 Å². The standard InChI is InChI=1S/C21H22N2O2/c24-21(20-14-16-8-4-5-12-19(16)25-20)23(18-10-2-1-3-11-18)15-17-9-6-7-13-22-17/h4-9,12-14,18H,1-3,10-11,15H2. The number of nitrogens with zero attached hydrogens (tertiary/aromatic N) is 2. The van der Waals surface area contributed by atoms with Gasteiger partial charge in [-0.25, -0.2) is 0 Å². The van der Waals surface area contributed by atoms with E-state index in [0.717, 1.165) is 29.5 Å². The third kappa shape index (κ3) is 3.43. The number of pyridine rings is 1. The second-order valence-electron chi connectivity index (χ2n) is 6.69. The van der Waals surface area contributed by atoms with Gasteiger partial charge in [0.15, 0.2) is 5.76 Å². The predicted octanol–water partition coefficient (Wildman–Crippen LogP) is 4.80. The molecule has 0 N–H and O–H groups in total. The van der Waals surface area contributed by atoms with Crippen LogP contribution in [0.1, 0.15) is 48.4 Å². The summed E-state index contributed by atoms with van der Waals surface area (Å²) in [5, 5.41) is 0.965. The van der Waals surface area contributed by atoms with E-state index in [4.69, 9.17) is 4.42 Å². The van der Waals surface area contributed by atoms with E-state index < -0.39 is 0 Å². The molecule has 1 aliphatic rings. The summed E-state index contributed by atoms with van der Waals surface area (Å²) >= 11 is 0. The van der Waals surface area contributed by atoms with Gasteiger partial charge in [0, 0.05) is 17.6 Å². The maximum absolute atomic E-state index is 13.2.